The van der Waals surface area contributed by atoms with Crippen molar-refractivity contribution < 1.29 is 9.94 Å². The van der Waals surface area contributed by atoms with E-state index in [0.29, 0.717) is 18.6 Å². The molecule has 16 heavy (non-hydrogen) atoms. The summed E-state index contributed by atoms with van der Waals surface area (Å²) in [7, 11) is 0. The summed E-state index contributed by atoms with van der Waals surface area (Å²) in [6.07, 6.45) is 1.96. The summed E-state index contributed by atoms with van der Waals surface area (Å²) in [4.78, 5) is 0. The highest BCUT2D eigenvalue weighted by atomic mass is 16.5. The molecule has 5 nitrogen and oxygen atoms in total. The quantitative estimate of drug-likeness (QED) is 0.274. The minimum Gasteiger partial charge on any atom is -0.409 e. The molecule has 0 saturated heterocycles. The van der Waals surface area contributed by atoms with Gasteiger partial charge in [0.25, 0.3) is 0 Å². The van der Waals surface area contributed by atoms with Gasteiger partial charge in [-0.1, -0.05) is 19.0 Å². The fourth-order valence-electron chi connectivity index (χ4n) is 2.14. The molecule has 1 aliphatic carbocycles. The molecule has 1 aliphatic rings. The number of nitrogens with one attached hydrogen (secondary N) is 1. The molecular formula is C11H23N3O2. The van der Waals surface area contributed by atoms with Crippen molar-refractivity contribution in [3.05, 3.63) is 0 Å². The van der Waals surface area contributed by atoms with E-state index in [1.807, 2.05) is 6.92 Å². The number of amidine groups is 1. The van der Waals surface area contributed by atoms with Crippen LogP contribution in [0.4, 0.5) is 0 Å². The Hall–Kier alpha value is -0.810. The lowest BCUT2D eigenvalue weighted by atomic mass is 9.64. The molecule has 4 N–H and O–H groups in total. The van der Waals surface area contributed by atoms with Gasteiger partial charge in [-0.25, -0.2) is 0 Å². The number of rotatable bonds is 6. The second-order valence-electron chi connectivity index (χ2n) is 4.85. The molecule has 94 valence electrons. The Bertz CT molecular complexity index is 254. The molecule has 1 fully saturated rings. The summed E-state index contributed by atoms with van der Waals surface area (Å²) in [5.41, 5.74) is 5.56. The molecule has 0 aromatic rings. The molecule has 1 rings (SSSR count). The molecule has 5 heteroatoms. The standard InChI is InChI=1S/C11H23N3O2/c1-4-16-9-7-8(11(9,2)3)13-6-5-10(12)14-15/h8-9,13,15H,4-7H2,1-3H3,(H2,12,14). The van der Waals surface area contributed by atoms with E-state index in [-0.39, 0.29) is 11.3 Å². The Labute approximate surface area is 97.0 Å². The number of nitrogens with zero attached hydrogens (tertiary/aromatic N) is 1. The summed E-state index contributed by atoms with van der Waals surface area (Å²) in [6, 6.07) is 0.454. The van der Waals surface area contributed by atoms with Gasteiger partial charge in [0.2, 0.25) is 0 Å². The number of nitrogens with two attached hydrogens (primary N) is 1. The Morgan fingerprint density at radius 1 is 1.62 bits per heavy atom. The predicted molar refractivity (Wildman–Crippen MR) is 63.6 cm³/mol. The molecule has 2 atom stereocenters. The Morgan fingerprint density at radius 3 is 2.81 bits per heavy atom. The minimum atomic E-state index is 0.168. The monoisotopic (exact) mass is 229 g/mol. The summed E-state index contributed by atoms with van der Waals surface area (Å²) in [5, 5.41) is 14.8. The van der Waals surface area contributed by atoms with Crippen LogP contribution in [0.2, 0.25) is 0 Å². The van der Waals surface area contributed by atoms with E-state index in [2.05, 4.69) is 24.3 Å². The van der Waals surface area contributed by atoms with Gasteiger partial charge in [0.15, 0.2) is 0 Å². The van der Waals surface area contributed by atoms with Crippen LogP contribution < -0.4 is 11.1 Å². The average Bonchev–Trinajstić information content (AvgIpc) is 2.26. The number of hydrogen-bond donors (Lipinski definition) is 3. The maximum absolute atomic E-state index is 8.40. The zero-order valence-electron chi connectivity index (χ0n) is 10.4. The van der Waals surface area contributed by atoms with Crippen LogP contribution in [0, 0.1) is 5.41 Å². The van der Waals surface area contributed by atoms with Crippen LogP contribution in [0.15, 0.2) is 5.16 Å². The van der Waals surface area contributed by atoms with Crippen LogP contribution in [0.3, 0.4) is 0 Å². The lowest BCUT2D eigenvalue weighted by Gasteiger charge is -2.52. The van der Waals surface area contributed by atoms with Gasteiger partial charge < -0.3 is 21.0 Å². The van der Waals surface area contributed by atoms with Crippen LogP contribution in [0.25, 0.3) is 0 Å². The second-order valence-corrected chi connectivity index (χ2v) is 4.85. The molecule has 0 amide bonds. The van der Waals surface area contributed by atoms with Crippen molar-refractivity contribution in [2.75, 3.05) is 13.2 Å². The first-order valence-corrected chi connectivity index (χ1v) is 5.83. The molecule has 2 unspecified atom stereocenters. The second kappa shape index (κ2) is 5.50. The first-order chi connectivity index (χ1) is 7.52. The number of oxime groups is 1. The normalized spacial score (nSPS) is 28.8. The predicted octanol–water partition coefficient (Wildman–Crippen LogP) is 0.916. The fraction of sp³-hybridized carbons (Fsp3) is 0.909. The minimum absolute atomic E-state index is 0.168. The van der Waals surface area contributed by atoms with Crippen molar-refractivity contribution in [2.45, 2.75) is 45.8 Å². The van der Waals surface area contributed by atoms with Crippen LogP contribution >= 0.6 is 0 Å². The van der Waals surface area contributed by atoms with Gasteiger partial charge in [0, 0.05) is 31.0 Å². The number of hydrogen-bond acceptors (Lipinski definition) is 4. The molecule has 0 bridgehead atoms. The van der Waals surface area contributed by atoms with Crippen LogP contribution in [-0.2, 0) is 4.74 Å². The Kier molecular flexibility index (Phi) is 4.56. The van der Waals surface area contributed by atoms with Crippen molar-refractivity contribution >= 4 is 5.84 Å². The van der Waals surface area contributed by atoms with Crippen molar-refractivity contribution in [1.29, 1.82) is 0 Å². The van der Waals surface area contributed by atoms with Gasteiger partial charge in [-0.15, -0.1) is 0 Å². The molecule has 0 heterocycles. The highest BCUT2D eigenvalue weighted by Gasteiger charge is 2.48. The SMILES string of the molecule is CCOC1CC(NCCC(N)=NO)C1(C)C. The number of ether oxygens (including phenoxy) is 1. The molecular weight excluding hydrogens is 206 g/mol. The summed E-state index contributed by atoms with van der Waals surface area (Å²) in [6.45, 7) is 7.94. The lowest BCUT2D eigenvalue weighted by Crippen LogP contribution is -2.61. The first-order valence-electron chi connectivity index (χ1n) is 5.83. The van der Waals surface area contributed by atoms with Crippen LogP contribution in [0.5, 0.6) is 0 Å². The van der Waals surface area contributed by atoms with Crippen molar-refractivity contribution in [1.82, 2.24) is 5.32 Å². The highest BCUT2D eigenvalue weighted by molar-refractivity contribution is 5.79. The summed E-state index contributed by atoms with van der Waals surface area (Å²) < 4.78 is 5.64. The topological polar surface area (TPSA) is 79.9 Å². The summed E-state index contributed by atoms with van der Waals surface area (Å²) in [5.74, 6) is 0.269. The lowest BCUT2D eigenvalue weighted by molar-refractivity contribution is -0.113. The van der Waals surface area contributed by atoms with E-state index in [4.69, 9.17) is 15.7 Å². The largest absolute Gasteiger partial charge is 0.409 e. The van der Waals surface area contributed by atoms with Gasteiger partial charge in [-0.2, -0.15) is 0 Å². The van der Waals surface area contributed by atoms with Gasteiger partial charge in [0.1, 0.15) is 5.84 Å². The Morgan fingerprint density at radius 2 is 2.31 bits per heavy atom. The van der Waals surface area contributed by atoms with E-state index in [0.717, 1.165) is 19.6 Å². The third-order valence-corrected chi connectivity index (χ3v) is 3.45. The van der Waals surface area contributed by atoms with Gasteiger partial charge in [0.05, 0.1) is 6.10 Å². The van der Waals surface area contributed by atoms with E-state index in [1.165, 1.54) is 0 Å². The van der Waals surface area contributed by atoms with Crippen molar-refractivity contribution in [3.63, 3.8) is 0 Å². The molecule has 0 aromatic carbocycles. The van der Waals surface area contributed by atoms with Gasteiger partial charge >= 0.3 is 0 Å². The maximum Gasteiger partial charge on any atom is 0.140 e. The Balaban J connectivity index is 2.26. The van der Waals surface area contributed by atoms with Crippen molar-refractivity contribution in [3.8, 4) is 0 Å². The van der Waals surface area contributed by atoms with E-state index in [9.17, 15) is 0 Å². The molecule has 0 aromatic heterocycles. The molecule has 0 aliphatic heterocycles. The molecule has 0 radical (unpaired) electrons. The van der Waals surface area contributed by atoms with E-state index < -0.39 is 0 Å². The third-order valence-electron chi connectivity index (χ3n) is 3.45. The first kappa shape index (κ1) is 13.3. The van der Waals surface area contributed by atoms with Crippen LogP contribution in [0.1, 0.15) is 33.6 Å². The van der Waals surface area contributed by atoms with E-state index in [1.54, 1.807) is 0 Å². The van der Waals surface area contributed by atoms with Crippen molar-refractivity contribution in [2.24, 2.45) is 16.3 Å². The van der Waals surface area contributed by atoms with Crippen LogP contribution in [-0.4, -0.2) is 36.3 Å². The third kappa shape index (κ3) is 2.86. The highest BCUT2D eigenvalue weighted by Crippen LogP contribution is 2.42. The summed E-state index contributed by atoms with van der Waals surface area (Å²) >= 11 is 0. The van der Waals surface area contributed by atoms with Gasteiger partial charge in [-0.3, -0.25) is 0 Å². The zero-order chi connectivity index (χ0) is 12.2. The smallest absolute Gasteiger partial charge is 0.140 e. The van der Waals surface area contributed by atoms with Gasteiger partial charge in [-0.05, 0) is 13.3 Å². The maximum atomic E-state index is 8.40. The van der Waals surface area contributed by atoms with E-state index >= 15 is 0 Å². The average molecular weight is 229 g/mol. The molecule has 0 spiro atoms. The molecule has 1 saturated carbocycles. The zero-order valence-corrected chi connectivity index (χ0v) is 10.4. The fourth-order valence-corrected chi connectivity index (χ4v) is 2.14.